The van der Waals surface area contributed by atoms with Crippen LogP contribution in [0.25, 0.3) is 5.76 Å². The molecule has 0 atom stereocenters. The van der Waals surface area contributed by atoms with E-state index in [1.54, 1.807) is 24.3 Å². The van der Waals surface area contributed by atoms with E-state index in [1.165, 1.54) is 0 Å². The zero-order valence-corrected chi connectivity index (χ0v) is 9.44. The number of unbranched alkanes of at least 4 members (excludes halogenated alkanes) is 1. The Labute approximate surface area is 94.0 Å². The van der Waals surface area contributed by atoms with Crippen molar-refractivity contribution in [2.24, 2.45) is 0 Å². The van der Waals surface area contributed by atoms with Crippen LogP contribution in [-0.4, -0.2) is 5.11 Å². The first-order valence-corrected chi connectivity index (χ1v) is 5.25. The summed E-state index contributed by atoms with van der Waals surface area (Å²) < 4.78 is 0. The molecule has 0 aliphatic carbocycles. The van der Waals surface area contributed by atoms with Crippen LogP contribution in [0.2, 0.25) is 10.0 Å². The SMILES string of the molecule is CCCC=C(O)c1ccc(Cl)c(Cl)c1. The molecular weight excluding hydrogens is 219 g/mol. The van der Waals surface area contributed by atoms with E-state index in [-0.39, 0.29) is 5.76 Å². The van der Waals surface area contributed by atoms with Gasteiger partial charge in [0.1, 0.15) is 5.76 Å². The van der Waals surface area contributed by atoms with Gasteiger partial charge in [-0.2, -0.15) is 0 Å². The number of aliphatic hydroxyl groups excluding tert-OH is 1. The Morgan fingerprint density at radius 2 is 2.07 bits per heavy atom. The van der Waals surface area contributed by atoms with Crippen molar-refractivity contribution in [3.63, 3.8) is 0 Å². The summed E-state index contributed by atoms with van der Waals surface area (Å²) in [7, 11) is 0. The van der Waals surface area contributed by atoms with Crippen molar-refractivity contribution in [1.29, 1.82) is 0 Å². The van der Waals surface area contributed by atoms with Crippen LogP contribution >= 0.6 is 23.2 Å². The molecule has 0 aliphatic rings. The number of rotatable bonds is 3. The van der Waals surface area contributed by atoms with Gasteiger partial charge in [-0.1, -0.05) is 36.5 Å². The van der Waals surface area contributed by atoms with Crippen molar-refractivity contribution >= 4 is 29.0 Å². The number of halogens is 2. The highest BCUT2D eigenvalue weighted by molar-refractivity contribution is 6.42. The number of hydrogen-bond donors (Lipinski definition) is 1. The molecule has 0 heterocycles. The predicted molar refractivity (Wildman–Crippen MR) is 62.0 cm³/mol. The van der Waals surface area contributed by atoms with Gasteiger partial charge in [0.15, 0.2) is 0 Å². The van der Waals surface area contributed by atoms with E-state index in [4.69, 9.17) is 23.2 Å². The van der Waals surface area contributed by atoms with Gasteiger partial charge in [0.2, 0.25) is 0 Å². The van der Waals surface area contributed by atoms with Crippen molar-refractivity contribution < 1.29 is 5.11 Å². The molecule has 0 amide bonds. The fourth-order valence-electron chi connectivity index (χ4n) is 1.05. The summed E-state index contributed by atoms with van der Waals surface area (Å²) in [5.41, 5.74) is 0.702. The summed E-state index contributed by atoms with van der Waals surface area (Å²) in [6, 6.07) is 5.08. The van der Waals surface area contributed by atoms with Crippen molar-refractivity contribution in [3.05, 3.63) is 39.9 Å². The summed E-state index contributed by atoms with van der Waals surface area (Å²) in [5.74, 6) is 0.255. The zero-order chi connectivity index (χ0) is 10.6. The molecule has 0 unspecified atom stereocenters. The second-order valence-corrected chi connectivity index (χ2v) is 3.82. The van der Waals surface area contributed by atoms with Crippen molar-refractivity contribution in [2.75, 3.05) is 0 Å². The van der Waals surface area contributed by atoms with Crippen LogP contribution in [0, 0.1) is 0 Å². The molecule has 1 aromatic rings. The van der Waals surface area contributed by atoms with Crippen LogP contribution in [0.1, 0.15) is 25.3 Å². The van der Waals surface area contributed by atoms with Crippen molar-refractivity contribution in [1.82, 2.24) is 0 Å². The standard InChI is InChI=1S/C11H12Cl2O/c1-2-3-4-11(14)8-5-6-9(12)10(13)7-8/h4-7,14H,2-3H2,1H3. The molecule has 0 saturated carbocycles. The molecular formula is C11H12Cl2O. The van der Waals surface area contributed by atoms with Crippen LogP contribution < -0.4 is 0 Å². The molecule has 0 fully saturated rings. The number of hydrogen-bond acceptors (Lipinski definition) is 1. The predicted octanol–water partition coefficient (Wildman–Crippen LogP) is 4.69. The smallest absolute Gasteiger partial charge is 0.118 e. The second kappa shape index (κ2) is 5.28. The molecule has 1 N–H and O–H groups in total. The van der Waals surface area contributed by atoms with E-state index >= 15 is 0 Å². The highest BCUT2D eigenvalue weighted by Crippen LogP contribution is 2.25. The van der Waals surface area contributed by atoms with Gasteiger partial charge in [0, 0.05) is 5.56 Å². The molecule has 0 radical (unpaired) electrons. The van der Waals surface area contributed by atoms with Crippen LogP contribution in [-0.2, 0) is 0 Å². The van der Waals surface area contributed by atoms with Gasteiger partial charge in [-0.25, -0.2) is 0 Å². The fourth-order valence-corrected chi connectivity index (χ4v) is 1.35. The molecule has 1 nitrogen and oxygen atoms in total. The van der Waals surface area contributed by atoms with E-state index in [9.17, 15) is 5.11 Å². The van der Waals surface area contributed by atoms with E-state index in [0.29, 0.717) is 15.6 Å². The Balaban J connectivity index is 2.91. The lowest BCUT2D eigenvalue weighted by molar-refractivity contribution is 0.509. The Hall–Kier alpha value is -0.660. The lowest BCUT2D eigenvalue weighted by Gasteiger charge is -2.02. The molecule has 0 saturated heterocycles. The van der Waals surface area contributed by atoms with Gasteiger partial charge in [0.05, 0.1) is 10.0 Å². The van der Waals surface area contributed by atoms with Gasteiger partial charge in [-0.15, -0.1) is 0 Å². The first-order valence-electron chi connectivity index (χ1n) is 4.49. The Kier molecular flexibility index (Phi) is 4.30. The number of benzene rings is 1. The van der Waals surface area contributed by atoms with Gasteiger partial charge < -0.3 is 5.11 Å². The molecule has 14 heavy (non-hydrogen) atoms. The summed E-state index contributed by atoms with van der Waals surface area (Å²) in [6.45, 7) is 2.05. The summed E-state index contributed by atoms with van der Waals surface area (Å²) in [4.78, 5) is 0. The third-order valence-electron chi connectivity index (χ3n) is 1.84. The van der Waals surface area contributed by atoms with Gasteiger partial charge in [-0.3, -0.25) is 0 Å². The summed E-state index contributed by atoms with van der Waals surface area (Å²) >= 11 is 11.6. The van der Waals surface area contributed by atoms with Crippen molar-refractivity contribution in [2.45, 2.75) is 19.8 Å². The third-order valence-corrected chi connectivity index (χ3v) is 2.58. The molecule has 1 rings (SSSR count). The van der Waals surface area contributed by atoms with E-state index in [0.717, 1.165) is 12.8 Å². The average molecular weight is 231 g/mol. The van der Waals surface area contributed by atoms with Crippen LogP contribution in [0.4, 0.5) is 0 Å². The molecule has 1 aromatic carbocycles. The average Bonchev–Trinajstić information content (AvgIpc) is 2.18. The normalized spacial score (nSPS) is 11.8. The Bertz CT molecular complexity index is 345. The minimum atomic E-state index is 0.255. The maximum Gasteiger partial charge on any atom is 0.118 e. The summed E-state index contributed by atoms with van der Waals surface area (Å²) in [5, 5.41) is 10.6. The minimum absolute atomic E-state index is 0.255. The molecule has 3 heteroatoms. The zero-order valence-electron chi connectivity index (χ0n) is 7.93. The highest BCUT2D eigenvalue weighted by atomic mass is 35.5. The van der Waals surface area contributed by atoms with Crippen molar-refractivity contribution in [3.8, 4) is 0 Å². The van der Waals surface area contributed by atoms with E-state index in [1.807, 2.05) is 0 Å². The lowest BCUT2D eigenvalue weighted by Crippen LogP contribution is -1.83. The molecule has 0 bridgehead atoms. The fraction of sp³-hybridized carbons (Fsp3) is 0.273. The largest absolute Gasteiger partial charge is 0.508 e. The maximum atomic E-state index is 9.63. The first kappa shape index (κ1) is 11.4. The monoisotopic (exact) mass is 230 g/mol. The number of allylic oxidation sites excluding steroid dienone is 1. The quantitative estimate of drug-likeness (QED) is 0.748. The third kappa shape index (κ3) is 2.93. The van der Waals surface area contributed by atoms with Crippen LogP contribution in [0.15, 0.2) is 24.3 Å². The molecule has 0 spiro atoms. The minimum Gasteiger partial charge on any atom is -0.508 e. The highest BCUT2D eigenvalue weighted by Gasteiger charge is 2.02. The number of aliphatic hydroxyl groups is 1. The second-order valence-electron chi connectivity index (χ2n) is 3.01. The maximum absolute atomic E-state index is 9.63. The van der Waals surface area contributed by atoms with Gasteiger partial charge in [-0.05, 0) is 30.7 Å². The lowest BCUT2D eigenvalue weighted by atomic mass is 10.1. The van der Waals surface area contributed by atoms with Crippen LogP contribution in [0.5, 0.6) is 0 Å². The molecule has 0 aromatic heterocycles. The van der Waals surface area contributed by atoms with Crippen LogP contribution in [0.3, 0.4) is 0 Å². The van der Waals surface area contributed by atoms with E-state index in [2.05, 4.69) is 6.92 Å². The molecule has 0 aliphatic heterocycles. The topological polar surface area (TPSA) is 20.2 Å². The first-order chi connectivity index (χ1) is 6.65. The van der Waals surface area contributed by atoms with Gasteiger partial charge in [0.25, 0.3) is 0 Å². The Morgan fingerprint density at radius 3 is 2.64 bits per heavy atom. The molecule has 76 valence electrons. The van der Waals surface area contributed by atoms with Gasteiger partial charge >= 0.3 is 0 Å². The van der Waals surface area contributed by atoms with E-state index < -0.39 is 0 Å². The summed E-state index contributed by atoms with van der Waals surface area (Å²) in [6.07, 6.45) is 3.64. The Morgan fingerprint density at radius 1 is 1.36 bits per heavy atom.